The van der Waals surface area contributed by atoms with Crippen LogP contribution in [0.15, 0.2) is 42.5 Å². The molecule has 2 aromatic rings. The van der Waals surface area contributed by atoms with Crippen molar-refractivity contribution in [1.82, 2.24) is 0 Å². The van der Waals surface area contributed by atoms with Crippen molar-refractivity contribution >= 4 is 23.4 Å². The fourth-order valence-corrected chi connectivity index (χ4v) is 2.12. The monoisotopic (exact) mass is 274 g/mol. The Labute approximate surface area is 115 Å². The second-order valence-corrected chi connectivity index (χ2v) is 4.58. The molecule has 19 heavy (non-hydrogen) atoms. The molecule has 0 heterocycles. The summed E-state index contributed by atoms with van der Waals surface area (Å²) in [6, 6.07) is 11.1. The molecule has 0 aromatic heterocycles. The number of carboxylic acid groups (broad SMARTS) is 1. The first-order chi connectivity index (χ1) is 9.00. The van der Waals surface area contributed by atoms with Crippen LogP contribution in [-0.2, 0) is 0 Å². The second kappa shape index (κ2) is 5.24. The summed E-state index contributed by atoms with van der Waals surface area (Å²) >= 11 is 5.84. The highest BCUT2D eigenvalue weighted by Crippen LogP contribution is 2.20. The molecule has 96 valence electrons. The molecule has 1 N–H and O–H groups in total. The molecule has 0 atom stereocenters. The third-order valence-electron chi connectivity index (χ3n) is 2.84. The van der Waals surface area contributed by atoms with Crippen molar-refractivity contribution < 1.29 is 14.7 Å². The summed E-state index contributed by atoms with van der Waals surface area (Å²) in [4.78, 5) is 23.5. The van der Waals surface area contributed by atoms with Crippen molar-refractivity contribution in [3.05, 3.63) is 69.7 Å². The first-order valence-electron chi connectivity index (χ1n) is 5.64. The molecule has 0 fully saturated rings. The summed E-state index contributed by atoms with van der Waals surface area (Å²) in [6.07, 6.45) is 0. The first-order valence-corrected chi connectivity index (χ1v) is 6.01. The smallest absolute Gasteiger partial charge is 0.336 e. The van der Waals surface area contributed by atoms with Crippen molar-refractivity contribution in [2.45, 2.75) is 6.92 Å². The van der Waals surface area contributed by atoms with E-state index >= 15 is 0 Å². The summed E-state index contributed by atoms with van der Waals surface area (Å²) < 4.78 is 0. The van der Waals surface area contributed by atoms with Crippen LogP contribution in [0.4, 0.5) is 0 Å². The number of hydrogen-bond acceptors (Lipinski definition) is 2. The van der Waals surface area contributed by atoms with E-state index in [0.717, 1.165) is 5.56 Å². The zero-order chi connectivity index (χ0) is 14.0. The summed E-state index contributed by atoms with van der Waals surface area (Å²) in [6.45, 7) is 1.77. The van der Waals surface area contributed by atoms with Crippen molar-refractivity contribution in [1.29, 1.82) is 0 Å². The van der Waals surface area contributed by atoms with Crippen LogP contribution in [0.2, 0.25) is 5.02 Å². The van der Waals surface area contributed by atoms with E-state index in [4.69, 9.17) is 16.7 Å². The van der Waals surface area contributed by atoms with Crippen molar-refractivity contribution in [3.8, 4) is 0 Å². The van der Waals surface area contributed by atoms with E-state index in [-0.39, 0.29) is 16.9 Å². The van der Waals surface area contributed by atoms with Crippen LogP contribution in [0.5, 0.6) is 0 Å². The Hall–Kier alpha value is -2.13. The molecule has 4 heteroatoms. The molecule has 0 aliphatic heterocycles. The van der Waals surface area contributed by atoms with Crippen LogP contribution in [0.3, 0.4) is 0 Å². The lowest BCUT2D eigenvalue weighted by molar-refractivity contribution is 0.0693. The van der Waals surface area contributed by atoms with E-state index in [9.17, 15) is 9.59 Å². The fraction of sp³-hybridized carbons (Fsp3) is 0.0667. The number of rotatable bonds is 3. The predicted molar refractivity (Wildman–Crippen MR) is 73.0 cm³/mol. The van der Waals surface area contributed by atoms with E-state index in [1.54, 1.807) is 37.3 Å². The normalized spacial score (nSPS) is 10.2. The largest absolute Gasteiger partial charge is 0.478 e. The lowest BCUT2D eigenvalue weighted by Crippen LogP contribution is -2.10. The van der Waals surface area contributed by atoms with Gasteiger partial charge in [0.25, 0.3) is 0 Å². The molecule has 0 unspecified atom stereocenters. The van der Waals surface area contributed by atoms with Crippen LogP contribution in [0.25, 0.3) is 0 Å². The van der Waals surface area contributed by atoms with Gasteiger partial charge in [-0.3, -0.25) is 4.79 Å². The van der Waals surface area contributed by atoms with Gasteiger partial charge in [0.1, 0.15) is 0 Å². The van der Waals surface area contributed by atoms with Crippen LogP contribution in [0.1, 0.15) is 31.8 Å². The average molecular weight is 275 g/mol. The Morgan fingerprint density at radius 3 is 2.21 bits per heavy atom. The van der Waals surface area contributed by atoms with Gasteiger partial charge >= 0.3 is 5.97 Å². The second-order valence-electron chi connectivity index (χ2n) is 4.14. The fourth-order valence-electron chi connectivity index (χ4n) is 1.89. The predicted octanol–water partition coefficient (Wildman–Crippen LogP) is 3.58. The molecule has 0 saturated carbocycles. The third kappa shape index (κ3) is 2.66. The number of aromatic carboxylic acids is 1. The van der Waals surface area contributed by atoms with Gasteiger partial charge in [0.2, 0.25) is 0 Å². The average Bonchev–Trinajstić information content (AvgIpc) is 2.38. The standard InChI is InChI=1S/C15H11ClO3/c1-9-8-10(16)6-7-11(9)14(17)12-4-2-3-5-13(12)15(18)19/h2-8H,1H3,(H,18,19). The van der Waals surface area contributed by atoms with Gasteiger partial charge in [-0.15, -0.1) is 0 Å². The number of carbonyl (C=O) groups is 2. The highest BCUT2D eigenvalue weighted by Gasteiger charge is 2.18. The van der Waals surface area contributed by atoms with Gasteiger partial charge in [-0.05, 0) is 36.8 Å². The Morgan fingerprint density at radius 1 is 1.00 bits per heavy atom. The van der Waals surface area contributed by atoms with Crippen molar-refractivity contribution in [2.75, 3.05) is 0 Å². The molecule has 0 saturated heterocycles. The highest BCUT2D eigenvalue weighted by atomic mass is 35.5. The molecule has 0 aliphatic carbocycles. The minimum absolute atomic E-state index is 0.00171. The van der Waals surface area contributed by atoms with Crippen molar-refractivity contribution in [3.63, 3.8) is 0 Å². The van der Waals surface area contributed by atoms with E-state index in [1.165, 1.54) is 12.1 Å². The molecule has 0 radical (unpaired) electrons. The maximum Gasteiger partial charge on any atom is 0.336 e. The van der Waals surface area contributed by atoms with Crippen LogP contribution in [-0.4, -0.2) is 16.9 Å². The molecule has 0 aliphatic rings. The molecule has 2 aromatic carbocycles. The van der Waals surface area contributed by atoms with Gasteiger partial charge in [-0.25, -0.2) is 4.79 Å². The number of carbonyl (C=O) groups excluding carboxylic acids is 1. The number of halogens is 1. The molecular formula is C15H11ClO3. The maximum absolute atomic E-state index is 12.4. The summed E-state index contributed by atoms with van der Waals surface area (Å²) in [7, 11) is 0. The van der Waals surface area contributed by atoms with Crippen LogP contribution < -0.4 is 0 Å². The quantitative estimate of drug-likeness (QED) is 0.871. The summed E-state index contributed by atoms with van der Waals surface area (Å²) in [5, 5.41) is 9.64. The van der Waals surface area contributed by atoms with Crippen LogP contribution in [0, 0.1) is 6.92 Å². The Bertz CT molecular complexity index is 662. The molecule has 2 rings (SSSR count). The van der Waals surface area contributed by atoms with Gasteiger partial charge in [0, 0.05) is 16.1 Å². The van der Waals surface area contributed by atoms with Gasteiger partial charge in [0.15, 0.2) is 5.78 Å². The zero-order valence-electron chi connectivity index (χ0n) is 10.2. The van der Waals surface area contributed by atoms with Crippen LogP contribution >= 0.6 is 11.6 Å². The zero-order valence-corrected chi connectivity index (χ0v) is 10.9. The number of aryl methyl sites for hydroxylation is 1. The third-order valence-corrected chi connectivity index (χ3v) is 3.07. The van der Waals surface area contributed by atoms with Gasteiger partial charge < -0.3 is 5.11 Å². The highest BCUT2D eigenvalue weighted by molar-refractivity contribution is 6.30. The topological polar surface area (TPSA) is 54.4 Å². The molecule has 3 nitrogen and oxygen atoms in total. The maximum atomic E-state index is 12.4. The lowest BCUT2D eigenvalue weighted by atomic mass is 9.95. The Morgan fingerprint density at radius 2 is 1.63 bits per heavy atom. The summed E-state index contributed by atoms with van der Waals surface area (Å²) in [5.74, 6) is -1.43. The molecule has 0 amide bonds. The number of benzene rings is 2. The lowest BCUT2D eigenvalue weighted by Gasteiger charge is -2.08. The Kier molecular flexibility index (Phi) is 3.67. The van der Waals surface area contributed by atoms with Gasteiger partial charge in [0.05, 0.1) is 5.56 Å². The van der Waals surface area contributed by atoms with Gasteiger partial charge in [-0.2, -0.15) is 0 Å². The van der Waals surface area contributed by atoms with E-state index in [0.29, 0.717) is 10.6 Å². The SMILES string of the molecule is Cc1cc(Cl)ccc1C(=O)c1ccccc1C(=O)O. The summed E-state index contributed by atoms with van der Waals surface area (Å²) in [5.41, 5.74) is 1.36. The van der Waals surface area contributed by atoms with E-state index in [1.807, 2.05) is 0 Å². The number of carboxylic acids is 1. The number of hydrogen-bond donors (Lipinski definition) is 1. The van der Waals surface area contributed by atoms with E-state index in [2.05, 4.69) is 0 Å². The van der Waals surface area contributed by atoms with Gasteiger partial charge in [-0.1, -0.05) is 29.8 Å². The minimum Gasteiger partial charge on any atom is -0.478 e. The minimum atomic E-state index is -1.12. The first kappa shape index (κ1) is 13.3. The molecule has 0 bridgehead atoms. The van der Waals surface area contributed by atoms with Crippen molar-refractivity contribution in [2.24, 2.45) is 0 Å². The number of ketones is 1. The Balaban J connectivity index is 2.53. The van der Waals surface area contributed by atoms with E-state index < -0.39 is 5.97 Å². The molecular weight excluding hydrogens is 264 g/mol. The molecule has 0 spiro atoms.